The van der Waals surface area contributed by atoms with Gasteiger partial charge in [0.15, 0.2) is 5.69 Å². The molecule has 5 atom stereocenters. The Balaban J connectivity index is 1.35. The molecule has 14 heteroatoms. The van der Waals surface area contributed by atoms with E-state index in [-0.39, 0.29) is 41.3 Å². The second kappa shape index (κ2) is 15.5. The number of amides is 3. The van der Waals surface area contributed by atoms with Crippen molar-refractivity contribution in [1.29, 1.82) is 0 Å². The standard InChI is InChI=1S/C37H37N4O8PS/c1-22(2)18-29(37(48,50-49)21-51-32-17-16-24-8-4-6-10-30(24)39-32)34(43)38-23(3)19-27-20-41(36(46)47,31-11-7-5-9-28(27)31)40-33(42)25-12-14-26(15-13-25)35(44)45/h4-17,20,22-23,29,48H,18-19,21H2,1-3H3,(H3-,38,40,42,43,44,45,46,47)/p+2/t23-,29?,37?,41?/m1/s1. The summed E-state index contributed by atoms with van der Waals surface area (Å²) >= 11 is 1.22. The number of fused-ring (bicyclic) bond motifs is 2. The number of nitrogens with zero attached hydrogens (tertiary/aromatic N) is 2. The lowest BCUT2D eigenvalue weighted by Crippen LogP contribution is -2.60. The van der Waals surface area contributed by atoms with Crippen molar-refractivity contribution in [3.8, 4) is 0 Å². The van der Waals surface area contributed by atoms with E-state index in [4.69, 9.17) is 0 Å². The van der Waals surface area contributed by atoms with E-state index in [0.29, 0.717) is 16.2 Å². The predicted molar refractivity (Wildman–Crippen MR) is 197 cm³/mol. The molecule has 5 N–H and O–H groups in total. The number of quaternary nitrogens is 1. The monoisotopic (exact) mass is 730 g/mol. The zero-order valence-corrected chi connectivity index (χ0v) is 30.0. The Bertz CT molecular complexity index is 2020. The lowest BCUT2D eigenvalue weighted by atomic mass is 9.90. The quantitative estimate of drug-likeness (QED) is 0.0565. The SMILES string of the molecule is CC(C)CC(C(=O)N[C@H](C)CC1=C[N+](NC(=O)c2ccc(C(=O)O)cc2)(C(=O)O)c2ccccc21)C(O)(CSc1ccc2ccccc2n1)[PH+]=O. The molecule has 3 amide bonds. The van der Waals surface area contributed by atoms with Crippen molar-refractivity contribution in [2.45, 2.75) is 50.0 Å². The molecular weight excluding hydrogens is 691 g/mol. The van der Waals surface area contributed by atoms with Crippen molar-refractivity contribution in [3.63, 3.8) is 0 Å². The van der Waals surface area contributed by atoms with Crippen molar-refractivity contribution < 1.29 is 39.1 Å². The lowest BCUT2D eigenvalue weighted by Gasteiger charge is -2.27. The summed E-state index contributed by atoms with van der Waals surface area (Å²) in [5.41, 5.74) is 4.77. The Hall–Kier alpha value is -4.94. The van der Waals surface area contributed by atoms with Crippen LogP contribution in [0.2, 0.25) is 0 Å². The number of rotatable bonds is 13. The van der Waals surface area contributed by atoms with Gasteiger partial charge in [0.2, 0.25) is 5.91 Å². The smallest absolute Gasteiger partial charge is 0.478 e. The summed E-state index contributed by atoms with van der Waals surface area (Å²) in [5.74, 6) is -3.45. The van der Waals surface area contributed by atoms with Crippen LogP contribution in [0.3, 0.4) is 0 Å². The third-order valence-corrected chi connectivity index (χ3v) is 10.9. The van der Waals surface area contributed by atoms with Gasteiger partial charge in [-0.05, 0) is 68.1 Å². The van der Waals surface area contributed by atoms with Gasteiger partial charge in [-0.25, -0.2) is 9.78 Å². The molecule has 3 aromatic carbocycles. The van der Waals surface area contributed by atoms with Gasteiger partial charge in [0, 0.05) is 34.2 Å². The second-order valence-corrected chi connectivity index (χ2v) is 15.0. The van der Waals surface area contributed by atoms with E-state index in [1.807, 2.05) is 50.2 Å². The Morgan fingerprint density at radius 3 is 2.24 bits per heavy atom. The highest BCUT2D eigenvalue weighted by molar-refractivity contribution is 7.99. The molecule has 0 fully saturated rings. The third kappa shape index (κ3) is 8.18. The molecule has 0 saturated carbocycles. The van der Waals surface area contributed by atoms with Gasteiger partial charge >= 0.3 is 20.5 Å². The highest BCUT2D eigenvalue weighted by Gasteiger charge is 2.51. The van der Waals surface area contributed by atoms with Crippen LogP contribution < -0.4 is 15.3 Å². The molecule has 0 aliphatic carbocycles. The molecule has 4 aromatic rings. The number of benzene rings is 3. The fourth-order valence-electron chi connectivity index (χ4n) is 6.10. The Kier molecular flexibility index (Phi) is 11.4. The fraction of sp³-hybridized carbons (Fsp3) is 0.270. The average Bonchev–Trinajstić information content (AvgIpc) is 3.42. The third-order valence-electron chi connectivity index (χ3n) is 8.66. The van der Waals surface area contributed by atoms with Gasteiger partial charge in [0.05, 0.1) is 21.9 Å². The second-order valence-electron chi connectivity index (χ2n) is 13.0. The largest absolute Gasteiger partial charge is 0.549 e. The molecule has 1 aliphatic rings. The first-order valence-electron chi connectivity index (χ1n) is 16.3. The number of hydrogen-bond acceptors (Lipinski definition) is 8. The van der Waals surface area contributed by atoms with Crippen molar-refractivity contribution in [2.75, 3.05) is 5.75 Å². The number of aromatic carboxylic acids is 1. The topological polar surface area (TPSA) is 183 Å². The van der Waals surface area contributed by atoms with E-state index in [0.717, 1.165) is 10.9 Å². The van der Waals surface area contributed by atoms with Gasteiger partial charge in [-0.1, -0.05) is 71.2 Å². The van der Waals surface area contributed by atoms with Gasteiger partial charge < -0.3 is 20.6 Å². The molecule has 1 aromatic heterocycles. The van der Waals surface area contributed by atoms with Gasteiger partial charge in [-0.15, -0.1) is 0 Å². The minimum atomic E-state index is -1.85. The van der Waals surface area contributed by atoms with Crippen LogP contribution in [0.1, 0.15) is 59.9 Å². The van der Waals surface area contributed by atoms with Crippen molar-refractivity contribution in [2.24, 2.45) is 11.8 Å². The number of hydrogen-bond donors (Lipinski definition) is 5. The van der Waals surface area contributed by atoms with Crippen LogP contribution in [0.4, 0.5) is 10.5 Å². The minimum absolute atomic E-state index is 0.00966. The average molecular weight is 731 g/mol. The predicted octanol–water partition coefficient (Wildman–Crippen LogP) is 6.68. The molecule has 12 nitrogen and oxygen atoms in total. The van der Waals surface area contributed by atoms with Crippen LogP contribution in [0.15, 0.2) is 96.2 Å². The van der Waals surface area contributed by atoms with E-state index in [9.17, 15) is 39.1 Å². The molecule has 1 aliphatic heterocycles. The maximum Gasteiger partial charge on any atom is 0.549 e. The summed E-state index contributed by atoms with van der Waals surface area (Å²) in [6.07, 6.45) is 0.441. The van der Waals surface area contributed by atoms with Gasteiger partial charge in [-0.3, -0.25) is 9.59 Å². The number of para-hydroxylation sites is 2. The van der Waals surface area contributed by atoms with Gasteiger partial charge in [0.25, 0.3) is 11.2 Å². The summed E-state index contributed by atoms with van der Waals surface area (Å²) in [6, 6.07) is 22.6. The molecule has 0 spiro atoms. The summed E-state index contributed by atoms with van der Waals surface area (Å²) in [6.45, 7) is 5.57. The number of carboxylic acid groups (broad SMARTS) is 2. The van der Waals surface area contributed by atoms with Gasteiger partial charge in [0.1, 0.15) is 12.1 Å². The molecular formula is C37H39N4O8PS+2. The Labute approximate surface area is 300 Å². The van der Waals surface area contributed by atoms with Crippen molar-refractivity contribution in [1.82, 2.24) is 20.3 Å². The Morgan fingerprint density at radius 1 is 0.902 bits per heavy atom. The van der Waals surface area contributed by atoms with E-state index in [1.54, 1.807) is 31.2 Å². The minimum Gasteiger partial charge on any atom is -0.478 e. The molecule has 0 saturated heterocycles. The summed E-state index contributed by atoms with van der Waals surface area (Å²) in [5, 5.41) is 34.1. The van der Waals surface area contributed by atoms with Crippen LogP contribution in [-0.4, -0.2) is 61.3 Å². The molecule has 51 heavy (non-hydrogen) atoms. The van der Waals surface area contributed by atoms with E-state index in [1.165, 1.54) is 42.2 Å². The van der Waals surface area contributed by atoms with Crippen molar-refractivity contribution >= 4 is 66.3 Å². The van der Waals surface area contributed by atoms with Crippen LogP contribution in [0, 0.1) is 11.8 Å². The van der Waals surface area contributed by atoms with Crippen LogP contribution in [0.25, 0.3) is 16.5 Å². The number of aliphatic hydroxyl groups is 1. The Morgan fingerprint density at radius 2 is 1.57 bits per heavy atom. The highest BCUT2D eigenvalue weighted by Crippen LogP contribution is 2.42. The van der Waals surface area contributed by atoms with E-state index >= 15 is 0 Å². The lowest BCUT2D eigenvalue weighted by molar-refractivity contribution is -0.130. The molecule has 0 radical (unpaired) electrons. The first kappa shape index (κ1) is 37.3. The number of thioether (sulfide) groups is 1. The van der Waals surface area contributed by atoms with Crippen LogP contribution in [0.5, 0.6) is 0 Å². The number of carbonyl (C=O) groups is 4. The summed E-state index contributed by atoms with van der Waals surface area (Å²) < 4.78 is 11.6. The van der Waals surface area contributed by atoms with E-state index in [2.05, 4.69) is 15.7 Å². The zero-order valence-electron chi connectivity index (χ0n) is 28.2. The number of nitrogens with one attached hydrogen (secondary N) is 2. The van der Waals surface area contributed by atoms with Gasteiger partial charge in [-0.2, -0.15) is 10.2 Å². The summed E-state index contributed by atoms with van der Waals surface area (Å²) in [7, 11) is -1.19. The van der Waals surface area contributed by atoms with Crippen molar-refractivity contribution in [3.05, 3.63) is 108 Å². The number of carboxylic acids is 1. The van der Waals surface area contributed by atoms with Crippen LogP contribution in [-0.2, 0) is 9.36 Å². The molecule has 5 rings (SSSR count). The highest BCUT2D eigenvalue weighted by atomic mass is 32.2. The molecule has 0 bridgehead atoms. The van der Waals surface area contributed by atoms with Crippen LogP contribution >= 0.6 is 20.2 Å². The molecule has 2 heterocycles. The zero-order chi connectivity index (χ0) is 36.9. The first-order chi connectivity index (χ1) is 24.3. The molecule has 4 unspecified atom stereocenters. The number of aromatic nitrogens is 1. The fourth-order valence-corrected chi connectivity index (χ4v) is 7.84. The maximum atomic E-state index is 13.9. The number of pyridine rings is 1. The normalized spacial score (nSPS) is 17.6. The first-order valence-corrected chi connectivity index (χ1v) is 18.2. The maximum absolute atomic E-state index is 13.9. The number of carbonyl (C=O) groups excluding carboxylic acids is 2. The van der Waals surface area contributed by atoms with E-state index < -0.39 is 54.2 Å². The summed E-state index contributed by atoms with van der Waals surface area (Å²) in [4.78, 5) is 55.9. The molecule has 264 valence electrons.